The Morgan fingerprint density at radius 1 is 1.32 bits per heavy atom. The van der Waals surface area contributed by atoms with Gasteiger partial charge in [-0.05, 0) is 30.4 Å². The summed E-state index contributed by atoms with van der Waals surface area (Å²) in [4.78, 5) is 0. The zero-order valence-electron chi connectivity index (χ0n) is 11.0. The third-order valence-corrected chi connectivity index (χ3v) is 3.25. The summed E-state index contributed by atoms with van der Waals surface area (Å²) < 4.78 is 42.5. The molecule has 0 heterocycles. The minimum absolute atomic E-state index is 0. The van der Waals surface area contributed by atoms with Crippen molar-refractivity contribution in [3.05, 3.63) is 47.4 Å². The van der Waals surface area contributed by atoms with Gasteiger partial charge in [0, 0.05) is 6.61 Å². The molecular weight excluding hydrogens is 279 g/mol. The predicted octanol–water partition coefficient (Wildman–Crippen LogP) is 1.03. The number of halogens is 3. The van der Waals surface area contributed by atoms with Crippen LogP contribution in [-0.2, 0) is 11.2 Å². The van der Waals surface area contributed by atoms with Crippen LogP contribution in [0.4, 0.5) is 12.9 Å². The second kappa shape index (κ2) is 7.43. The van der Waals surface area contributed by atoms with E-state index in [1.165, 1.54) is 5.56 Å². The molecule has 1 nitrogen and oxygen atoms in total. The van der Waals surface area contributed by atoms with Crippen molar-refractivity contribution in [2.45, 2.75) is 25.4 Å². The molecule has 1 unspecified atom stereocenters. The first-order valence-electron chi connectivity index (χ1n) is 6.05. The van der Waals surface area contributed by atoms with E-state index >= 15 is 0 Å². The molecule has 1 aliphatic rings. The molecule has 19 heavy (non-hydrogen) atoms. The van der Waals surface area contributed by atoms with Crippen LogP contribution >= 0.6 is 0 Å². The number of hydrogen-bond donors (Lipinski definition) is 0. The average molecular weight is 294 g/mol. The van der Waals surface area contributed by atoms with Gasteiger partial charge in [-0.15, -0.1) is 12.1 Å². The van der Waals surface area contributed by atoms with Crippen LogP contribution in [0, 0.1) is 0 Å². The van der Waals surface area contributed by atoms with Crippen molar-refractivity contribution in [1.82, 2.24) is 0 Å². The van der Waals surface area contributed by atoms with Gasteiger partial charge in [-0.3, -0.25) is 0 Å². The molecule has 1 atom stereocenters. The third-order valence-electron chi connectivity index (χ3n) is 3.25. The van der Waals surface area contributed by atoms with Crippen LogP contribution in [0.15, 0.2) is 36.3 Å². The number of benzene rings is 1. The largest absolute Gasteiger partial charge is 1.00 e. The minimum atomic E-state index is -4.99. The van der Waals surface area contributed by atoms with E-state index in [9.17, 15) is 12.9 Å². The summed E-state index contributed by atoms with van der Waals surface area (Å²) in [6.07, 6.45) is 2.46. The molecule has 1 aromatic rings. The maximum absolute atomic E-state index is 12.4. The molecule has 2 rings (SSSR count). The van der Waals surface area contributed by atoms with Crippen molar-refractivity contribution >= 4 is 6.98 Å². The van der Waals surface area contributed by atoms with Gasteiger partial charge in [0.1, 0.15) is 0 Å². The molecule has 6 heteroatoms. The Kier molecular flexibility index (Phi) is 6.83. The van der Waals surface area contributed by atoms with Crippen LogP contribution < -0.4 is 51.4 Å². The molecule has 1 aliphatic carbocycles. The quantitative estimate of drug-likeness (QED) is 0.754. The number of aryl methyl sites for hydroxylation is 1. The first-order valence-corrected chi connectivity index (χ1v) is 6.05. The smallest absolute Gasteiger partial charge is 0.445 e. The number of hydrogen-bond acceptors (Lipinski definition) is 1. The predicted molar refractivity (Wildman–Crippen MR) is 66.3 cm³/mol. The van der Waals surface area contributed by atoms with Crippen molar-refractivity contribution in [2.75, 3.05) is 6.61 Å². The van der Waals surface area contributed by atoms with Gasteiger partial charge in [0.2, 0.25) is 0 Å². The third kappa shape index (κ3) is 4.72. The van der Waals surface area contributed by atoms with Crippen LogP contribution in [0.2, 0.25) is 0 Å². The van der Waals surface area contributed by atoms with Gasteiger partial charge < -0.3 is 17.7 Å². The summed E-state index contributed by atoms with van der Waals surface area (Å²) in [5, 5.41) is 0. The fourth-order valence-electron chi connectivity index (χ4n) is 2.18. The van der Waals surface area contributed by atoms with Crippen molar-refractivity contribution in [3.63, 3.8) is 0 Å². The molecule has 0 aromatic heterocycles. The fraction of sp³-hybridized carbons (Fsp3) is 0.385. The van der Waals surface area contributed by atoms with E-state index < -0.39 is 19.1 Å². The van der Waals surface area contributed by atoms with Crippen LogP contribution in [0.5, 0.6) is 0 Å². The average Bonchev–Trinajstić information content (AvgIpc) is 2.34. The van der Waals surface area contributed by atoms with Gasteiger partial charge in [0.25, 0.3) is 0 Å². The maximum atomic E-state index is 12.4. The van der Waals surface area contributed by atoms with Gasteiger partial charge in [0.05, 0.1) is 6.10 Å². The van der Waals surface area contributed by atoms with Crippen molar-refractivity contribution in [3.8, 4) is 0 Å². The van der Waals surface area contributed by atoms with Crippen LogP contribution in [0.25, 0.3) is 0 Å². The van der Waals surface area contributed by atoms with Gasteiger partial charge in [-0.25, -0.2) is 0 Å². The Bertz CT molecular complexity index is 448. The first-order chi connectivity index (χ1) is 8.48. The van der Waals surface area contributed by atoms with E-state index in [4.69, 9.17) is 4.74 Å². The maximum Gasteiger partial charge on any atom is 1.00 e. The standard InChI is InChI=1S/C13H15BF3O.K/c1-10(14(15,16)17)9-18-13-8-4-6-11-5-2-3-7-12(11)13;/h2-3,5,7,13H,1,4,6,8-9H2;/q-1;+1. The molecule has 0 fully saturated rings. The number of fused-ring (bicyclic) bond motifs is 1. The summed E-state index contributed by atoms with van der Waals surface area (Å²) in [6, 6.07) is 7.77. The topological polar surface area (TPSA) is 9.23 Å². The molecule has 1 aromatic carbocycles. The molecular formula is C13H15BF3KO. The molecule has 0 amide bonds. The normalized spacial score (nSPS) is 18.4. The van der Waals surface area contributed by atoms with Crippen molar-refractivity contribution in [2.24, 2.45) is 0 Å². The Morgan fingerprint density at radius 2 is 2.00 bits per heavy atom. The van der Waals surface area contributed by atoms with Crippen molar-refractivity contribution in [1.29, 1.82) is 0 Å². The summed E-state index contributed by atoms with van der Waals surface area (Å²) in [5.74, 6) is 0. The molecule has 0 saturated heterocycles. The van der Waals surface area contributed by atoms with Crippen LogP contribution in [-0.4, -0.2) is 13.6 Å². The molecule has 0 aliphatic heterocycles. The van der Waals surface area contributed by atoms with Gasteiger partial charge in [0.15, 0.2) is 0 Å². The fourth-order valence-corrected chi connectivity index (χ4v) is 2.18. The Morgan fingerprint density at radius 3 is 2.68 bits per heavy atom. The minimum Gasteiger partial charge on any atom is -0.445 e. The zero-order chi connectivity index (χ0) is 13.2. The van der Waals surface area contributed by atoms with E-state index in [1.807, 2.05) is 24.3 Å². The van der Waals surface area contributed by atoms with E-state index in [-0.39, 0.29) is 57.5 Å². The summed E-state index contributed by atoms with van der Waals surface area (Å²) in [5.41, 5.74) is 1.43. The van der Waals surface area contributed by atoms with E-state index in [0.717, 1.165) is 24.8 Å². The van der Waals surface area contributed by atoms with Gasteiger partial charge >= 0.3 is 58.4 Å². The van der Waals surface area contributed by atoms with E-state index in [0.29, 0.717) is 0 Å². The molecule has 0 saturated carbocycles. The monoisotopic (exact) mass is 294 g/mol. The Hall–Kier alpha value is 0.411. The van der Waals surface area contributed by atoms with E-state index in [1.54, 1.807) is 0 Å². The summed E-state index contributed by atoms with van der Waals surface area (Å²) >= 11 is 0. The van der Waals surface area contributed by atoms with Crippen LogP contribution in [0.1, 0.15) is 30.1 Å². The second-order valence-electron chi connectivity index (χ2n) is 4.62. The van der Waals surface area contributed by atoms with Crippen LogP contribution in [0.3, 0.4) is 0 Å². The molecule has 0 bridgehead atoms. The number of ether oxygens (including phenoxy) is 1. The summed E-state index contributed by atoms with van der Waals surface area (Å²) in [7, 11) is 0. The number of rotatable bonds is 4. The molecule has 0 N–H and O–H groups in total. The van der Waals surface area contributed by atoms with E-state index in [2.05, 4.69) is 6.58 Å². The Labute approximate surface area is 154 Å². The molecule has 98 valence electrons. The van der Waals surface area contributed by atoms with Crippen molar-refractivity contribution < 1.29 is 69.1 Å². The SMILES string of the molecule is C=C(COC1CCCc2ccccc21)[B-](F)(F)F.[K+]. The van der Waals surface area contributed by atoms with Gasteiger partial charge in [-0.1, -0.05) is 24.3 Å². The zero-order valence-corrected chi connectivity index (χ0v) is 14.2. The van der Waals surface area contributed by atoms with Gasteiger partial charge in [-0.2, -0.15) is 0 Å². The first kappa shape index (κ1) is 17.5. The second-order valence-corrected chi connectivity index (χ2v) is 4.62. The Balaban J connectivity index is 0.00000180. The summed E-state index contributed by atoms with van der Waals surface area (Å²) in [6.45, 7) is -2.38. The molecule has 0 spiro atoms. The molecule has 0 radical (unpaired) electrons.